The lowest BCUT2D eigenvalue weighted by atomic mass is 9.84. The molecule has 0 radical (unpaired) electrons. The SMILES string of the molecule is CC(C)(C)[C@H](c1nc(-c2ccccc2)cn1Cc1ccccc1)N(C[C@@]1(F)CCNC1)C(=O)Cn1cnnn1. The number of nitrogens with one attached hydrogen (secondary N) is 1. The van der Waals surface area contributed by atoms with Crippen LogP contribution in [-0.4, -0.2) is 65.9 Å². The second-order valence-corrected chi connectivity index (χ2v) is 11.3. The number of amides is 1. The second-order valence-electron chi connectivity index (χ2n) is 11.3. The Labute approximate surface area is 228 Å². The number of rotatable bonds is 9. The number of benzene rings is 2. The van der Waals surface area contributed by atoms with Gasteiger partial charge in [0.05, 0.1) is 18.3 Å². The van der Waals surface area contributed by atoms with Gasteiger partial charge in [-0.25, -0.2) is 14.1 Å². The highest BCUT2D eigenvalue weighted by molar-refractivity contribution is 5.76. The summed E-state index contributed by atoms with van der Waals surface area (Å²) in [4.78, 5) is 20.7. The van der Waals surface area contributed by atoms with Crippen molar-refractivity contribution < 1.29 is 9.18 Å². The Kier molecular flexibility index (Phi) is 7.56. The van der Waals surface area contributed by atoms with Gasteiger partial charge in [0.15, 0.2) is 0 Å². The lowest BCUT2D eigenvalue weighted by Crippen LogP contribution is -2.50. The van der Waals surface area contributed by atoms with E-state index in [1.165, 1.54) is 11.0 Å². The first-order valence-corrected chi connectivity index (χ1v) is 13.3. The third kappa shape index (κ3) is 6.22. The number of carbonyl (C=O) groups excluding carboxylic acids is 1. The molecule has 1 N–H and O–H groups in total. The molecule has 3 heterocycles. The van der Waals surface area contributed by atoms with E-state index >= 15 is 4.39 Å². The molecule has 5 rings (SSSR count). The van der Waals surface area contributed by atoms with Gasteiger partial charge in [0, 0.05) is 24.8 Å². The van der Waals surface area contributed by atoms with Crippen molar-refractivity contribution in [2.45, 2.75) is 52.0 Å². The number of hydrogen-bond acceptors (Lipinski definition) is 6. The summed E-state index contributed by atoms with van der Waals surface area (Å²) in [6, 6.07) is 19.6. The van der Waals surface area contributed by atoms with Crippen LogP contribution < -0.4 is 5.32 Å². The van der Waals surface area contributed by atoms with Gasteiger partial charge in [-0.15, -0.1) is 5.10 Å². The van der Waals surface area contributed by atoms with Gasteiger partial charge in [0.2, 0.25) is 5.91 Å². The van der Waals surface area contributed by atoms with E-state index in [9.17, 15) is 4.79 Å². The summed E-state index contributed by atoms with van der Waals surface area (Å²) in [5, 5.41) is 14.3. The summed E-state index contributed by atoms with van der Waals surface area (Å²) >= 11 is 0. The van der Waals surface area contributed by atoms with Crippen molar-refractivity contribution in [1.82, 2.24) is 40.0 Å². The summed E-state index contributed by atoms with van der Waals surface area (Å²) in [5.74, 6) is 0.450. The van der Waals surface area contributed by atoms with Crippen molar-refractivity contribution in [3.05, 3.63) is 84.6 Å². The number of nitrogens with zero attached hydrogens (tertiary/aromatic N) is 7. The maximum atomic E-state index is 16.1. The van der Waals surface area contributed by atoms with Gasteiger partial charge in [0.25, 0.3) is 0 Å². The van der Waals surface area contributed by atoms with E-state index in [0.29, 0.717) is 25.3 Å². The molecule has 204 valence electrons. The van der Waals surface area contributed by atoms with Crippen LogP contribution in [0.2, 0.25) is 0 Å². The van der Waals surface area contributed by atoms with Crippen LogP contribution in [0.3, 0.4) is 0 Å². The van der Waals surface area contributed by atoms with E-state index in [2.05, 4.69) is 58.3 Å². The third-order valence-electron chi connectivity index (χ3n) is 7.10. The summed E-state index contributed by atoms with van der Waals surface area (Å²) in [5.41, 5.74) is 0.885. The minimum atomic E-state index is -1.54. The van der Waals surface area contributed by atoms with Crippen LogP contribution in [0.4, 0.5) is 4.39 Å². The van der Waals surface area contributed by atoms with Crippen LogP contribution in [0.1, 0.15) is 44.6 Å². The zero-order valence-corrected chi connectivity index (χ0v) is 22.7. The molecule has 1 fully saturated rings. The maximum Gasteiger partial charge on any atom is 0.245 e. The Bertz CT molecular complexity index is 1360. The lowest BCUT2D eigenvalue weighted by molar-refractivity contribution is -0.140. The smallest absolute Gasteiger partial charge is 0.245 e. The topological polar surface area (TPSA) is 93.8 Å². The van der Waals surface area contributed by atoms with Gasteiger partial charge < -0.3 is 14.8 Å². The Balaban J connectivity index is 1.62. The third-order valence-corrected chi connectivity index (χ3v) is 7.10. The molecule has 2 aromatic carbocycles. The standard InChI is InChI=1S/C29H35FN8O/c1-28(2,3)26(38(20-29(30)14-15-31-19-29)25(39)18-37-21-32-34-35-37)27-33-24(23-12-8-5-9-13-23)17-36(27)16-22-10-6-4-7-11-22/h4-13,17,21,26,31H,14-16,18-20H2,1-3H3/t26-,29+/m0/s1. The molecular formula is C29H35FN8O. The molecule has 0 bridgehead atoms. The van der Waals surface area contributed by atoms with Crippen molar-refractivity contribution in [3.8, 4) is 11.3 Å². The van der Waals surface area contributed by atoms with Crippen molar-refractivity contribution in [2.24, 2.45) is 5.41 Å². The molecule has 1 saturated heterocycles. The van der Waals surface area contributed by atoms with Gasteiger partial charge in [-0.1, -0.05) is 81.4 Å². The molecule has 1 aliphatic rings. The molecule has 2 atom stereocenters. The monoisotopic (exact) mass is 530 g/mol. The molecule has 0 aliphatic carbocycles. The Hall–Kier alpha value is -3.92. The van der Waals surface area contributed by atoms with Crippen molar-refractivity contribution in [2.75, 3.05) is 19.6 Å². The zero-order chi connectivity index (χ0) is 27.5. The van der Waals surface area contributed by atoms with E-state index in [1.54, 1.807) is 4.90 Å². The molecule has 0 spiro atoms. The highest BCUT2D eigenvalue weighted by atomic mass is 19.1. The Morgan fingerprint density at radius 1 is 1.13 bits per heavy atom. The van der Waals surface area contributed by atoms with Gasteiger partial charge in [0.1, 0.15) is 24.4 Å². The number of alkyl halides is 1. The van der Waals surface area contributed by atoms with Gasteiger partial charge in [-0.2, -0.15) is 0 Å². The number of aromatic nitrogens is 6. The van der Waals surface area contributed by atoms with Crippen molar-refractivity contribution in [3.63, 3.8) is 0 Å². The molecule has 2 aromatic heterocycles. The number of carbonyl (C=O) groups is 1. The molecule has 1 amide bonds. The van der Waals surface area contributed by atoms with E-state index in [1.807, 2.05) is 54.7 Å². The fourth-order valence-corrected chi connectivity index (χ4v) is 5.26. The normalized spacial score (nSPS) is 18.3. The molecule has 0 unspecified atom stereocenters. The Morgan fingerprint density at radius 2 is 1.85 bits per heavy atom. The predicted octanol–water partition coefficient (Wildman–Crippen LogP) is 3.90. The largest absolute Gasteiger partial charge is 0.328 e. The van der Waals surface area contributed by atoms with Crippen molar-refractivity contribution >= 4 is 5.91 Å². The first kappa shape index (κ1) is 26.7. The molecular weight excluding hydrogens is 495 g/mol. The molecule has 1 aliphatic heterocycles. The van der Waals surface area contributed by atoms with Crippen LogP contribution in [0.5, 0.6) is 0 Å². The Morgan fingerprint density at radius 3 is 2.46 bits per heavy atom. The van der Waals surface area contributed by atoms with Crippen LogP contribution in [0.25, 0.3) is 11.3 Å². The van der Waals surface area contributed by atoms with Gasteiger partial charge in [-0.05, 0) is 34.4 Å². The second kappa shape index (κ2) is 11.1. The van der Waals surface area contributed by atoms with Crippen LogP contribution in [-0.2, 0) is 17.9 Å². The van der Waals surface area contributed by atoms with Gasteiger partial charge >= 0.3 is 0 Å². The average Bonchev–Trinajstić information content (AvgIpc) is 3.67. The van der Waals surface area contributed by atoms with Crippen LogP contribution in [0.15, 0.2) is 73.2 Å². The molecule has 39 heavy (non-hydrogen) atoms. The van der Waals surface area contributed by atoms with Crippen LogP contribution in [0, 0.1) is 5.41 Å². The fourth-order valence-electron chi connectivity index (χ4n) is 5.26. The maximum absolute atomic E-state index is 16.1. The number of imidazole rings is 1. The average molecular weight is 531 g/mol. The number of halogens is 1. The van der Waals surface area contributed by atoms with E-state index in [4.69, 9.17) is 4.98 Å². The highest BCUT2D eigenvalue weighted by Crippen LogP contribution is 2.40. The predicted molar refractivity (Wildman–Crippen MR) is 146 cm³/mol. The molecule has 4 aromatic rings. The quantitative estimate of drug-likeness (QED) is 0.353. The van der Waals surface area contributed by atoms with Gasteiger partial charge in [-0.3, -0.25) is 4.79 Å². The summed E-state index contributed by atoms with van der Waals surface area (Å²) < 4.78 is 19.5. The summed E-state index contributed by atoms with van der Waals surface area (Å²) in [6.07, 6.45) is 3.77. The van der Waals surface area contributed by atoms with E-state index in [-0.39, 0.29) is 25.5 Å². The van der Waals surface area contributed by atoms with E-state index < -0.39 is 17.1 Å². The van der Waals surface area contributed by atoms with Crippen molar-refractivity contribution in [1.29, 1.82) is 0 Å². The zero-order valence-electron chi connectivity index (χ0n) is 22.7. The highest BCUT2D eigenvalue weighted by Gasteiger charge is 2.44. The summed E-state index contributed by atoms with van der Waals surface area (Å²) in [6.45, 7) is 7.40. The first-order chi connectivity index (χ1) is 18.7. The van der Waals surface area contributed by atoms with Crippen LogP contribution >= 0.6 is 0 Å². The number of tetrazole rings is 1. The molecule has 9 nitrogen and oxygen atoms in total. The minimum Gasteiger partial charge on any atom is -0.328 e. The molecule has 0 saturated carbocycles. The first-order valence-electron chi connectivity index (χ1n) is 13.3. The van der Waals surface area contributed by atoms with E-state index in [0.717, 1.165) is 16.8 Å². The summed E-state index contributed by atoms with van der Waals surface area (Å²) in [7, 11) is 0. The number of hydrogen-bond donors (Lipinski definition) is 1. The molecule has 10 heteroatoms. The minimum absolute atomic E-state index is 0.0538. The fraction of sp³-hybridized carbons (Fsp3) is 0.414. The lowest BCUT2D eigenvalue weighted by Gasteiger charge is -2.42.